The Hall–Kier alpha value is -1.94. The molecule has 0 saturated carbocycles. The molecule has 2 aromatic rings. The first-order chi connectivity index (χ1) is 10.2. The molecule has 4 nitrogen and oxygen atoms in total. The van der Waals surface area contributed by atoms with Gasteiger partial charge in [0.2, 0.25) is 5.91 Å². The smallest absolute Gasteiger partial charge is 0.221 e. The van der Waals surface area contributed by atoms with E-state index in [2.05, 4.69) is 34.7 Å². The third-order valence-electron chi connectivity index (χ3n) is 3.61. The summed E-state index contributed by atoms with van der Waals surface area (Å²) < 4.78 is 0. The van der Waals surface area contributed by atoms with E-state index in [4.69, 9.17) is 0 Å². The number of hydrogen-bond donors (Lipinski definition) is 2. The molecule has 112 valence electrons. The highest BCUT2D eigenvalue weighted by Crippen LogP contribution is 2.16. The lowest BCUT2D eigenvalue weighted by Gasteiger charge is -2.12. The fourth-order valence-corrected chi connectivity index (χ4v) is 2.19. The van der Waals surface area contributed by atoms with Crippen LogP contribution in [0.1, 0.15) is 32.3 Å². The zero-order chi connectivity index (χ0) is 15.1. The van der Waals surface area contributed by atoms with E-state index in [1.165, 1.54) is 5.39 Å². The van der Waals surface area contributed by atoms with Crippen molar-refractivity contribution in [3.8, 4) is 0 Å². The minimum atomic E-state index is 0.105. The summed E-state index contributed by atoms with van der Waals surface area (Å²) in [4.78, 5) is 15.9. The van der Waals surface area contributed by atoms with Crippen molar-refractivity contribution in [2.75, 3.05) is 6.54 Å². The molecule has 1 aromatic heterocycles. The van der Waals surface area contributed by atoms with Crippen molar-refractivity contribution >= 4 is 16.7 Å². The fraction of sp³-hybridized carbons (Fsp3) is 0.412. The van der Waals surface area contributed by atoms with Crippen molar-refractivity contribution in [2.45, 2.75) is 39.3 Å². The van der Waals surface area contributed by atoms with Crippen LogP contribution in [0.2, 0.25) is 0 Å². The molecule has 0 saturated heterocycles. The number of fused-ring (bicyclic) bond motifs is 1. The molecule has 1 unspecified atom stereocenters. The molecule has 2 rings (SSSR count). The highest BCUT2D eigenvalue weighted by atomic mass is 16.1. The maximum absolute atomic E-state index is 11.7. The minimum absolute atomic E-state index is 0.105. The SMILES string of the molecule is CCC(C)NC(=O)CCNCc1cncc2ccccc12. The first-order valence-corrected chi connectivity index (χ1v) is 7.52. The Morgan fingerprint density at radius 1 is 1.29 bits per heavy atom. The number of hydrogen-bond acceptors (Lipinski definition) is 3. The van der Waals surface area contributed by atoms with Gasteiger partial charge in [0.25, 0.3) is 0 Å². The molecule has 1 atom stereocenters. The number of rotatable bonds is 7. The molecule has 0 spiro atoms. The Balaban J connectivity index is 1.82. The molecule has 0 aliphatic rings. The van der Waals surface area contributed by atoms with Gasteiger partial charge in [0.15, 0.2) is 0 Å². The Morgan fingerprint density at radius 3 is 2.90 bits per heavy atom. The van der Waals surface area contributed by atoms with E-state index < -0.39 is 0 Å². The molecule has 1 heterocycles. The van der Waals surface area contributed by atoms with Crippen LogP contribution in [0.4, 0.5) is 0 Å². The average molecular weight is 285 g/mol. The van der Waals surface area contributed by atoms with Gasteiger partial charge in [0.05, 0.1) is 0 Å². The number of nitrogens with zero attached hydrogens (tertiary/aromatic N) is 1. The molecule has 1 aromatic carbocycles. The Labute approximate surface area is 126 Å². The predicted octanol–water partition coefficient (Wildman–Crippen LogP) is 2.63. The standard InChI is InChI=1S/C17H23N3O/c1-3-13(2)20-17(21)8-9-18-11-15-12-19-10-14-6-4-5-7-16(14)15/h4-7,10,12-13,18H,3,8-9,11H2,1-2H3,(H,20,21). The average Bonchev–Trinajstić information content (AvgIpc) is 2.51. The van der Waals surface area contributed by atoms with Crippen molar-refractivity contribution in [1.29, 1.82) is 0 Å². The molecule has 0 aliphatic heterocycles. The normalized spacial score (nSPS) is 12.3. The van der Waals surface area contributed by atoms with E-state index in [0.717, 1.165) is 23.9 Å². The van der Waals surface area contributed by atoms with E-state index in [1.807, 2.05) is 31.5 Å². The predicted molar refractivity (Wildman–Crippen MR) is 86.0 cm³/mol. The zero-order valence-corrected chi connectivity index (χ0v) is 12.7. The number of benzene rings is 1. The van der Waals surface area contributed by atoms with E-state index in [1.54, 1.807) is 0 Å². The molecular formula is C17H23N3O. The monoisotopic (exact) mass is 285 g/mol. The third-order valence-corrected chi connectivity index (χ3v) is 3.61. The Kier molecular flexibility index (Phi) is 5.69. The lowest BCUT2D eigenvalue weighted by atomic mass is 10.1. The minimum Gasteiger partial charge on any atom is -0.354 e. The Morgan fingerprint density at radius 2 is 2.10 bits per heavy atom. The van der Waals surface area contributed by atoms with Gasteiger partial charge in [-0.15, -0.1) is 0 Å². The van der Waals surface area contributed by atoms with Crippen molar-refractivity contribution < 1.29 is 4.79 Å². The van der Waals surface area contributed by atoms with E-state index in [9.17, 15) is 4.79 Å². The van der Waals surface area contributed by atoms with Crippen molar-refractivity contribution in [3.63, 3.8) is 0 Å². The van der Waals surface area contributed by atoms with Crippen LogP contribution in [0, 0.1) is 0 Å². The topological polar surface area (TPSA) is 54.0 Å². The van der Waals surface area contributed by atoms with Gasteiger partial charge >= 0.3 is 0 Å². The van der Waals surface area contributed by atoms with Crippen molar-refractivity contribution in [2.24, 2.45) is 0 Å². The second-order valence-electron chi connectivity index (χ2n) is 5.32. The van der Waals surface area contributed by atoms with Gasteiger partial charge in [-0.3, -0.25) is 9.78 Å². The summed E-state index contributed by atoms with van der Waals surface area (Å²) in [5, 5.41) is 8.64. The Bertz CT molecular complexity index is 592. The number of amides is 1. The molecular weight excluding hydrogens is 262 g/mol. The van der Waals surface area contributed by atoms with Gasteiger partial charge in [-0.05, 0) is 24.3 Å². The largest absolute Gasteiger partial charge is 0.354 e. The van der Waals surface area contributed by atoms with Crippen LogP contribution in [0.15, 0.2) is 36.7 Å². The van der Waals surface area contributed by atoms with Crippen LogP contribution in [-0.2, 0) is 11.3 Å². The summed E-state index contributed by atoms with van der Waals surface area (Å²) in [5.41, 5.74) is 1.16. The number of aromatic nitrogens is 1. The van der Waals surface area contributed by atoms with Crippen LogP contribution < -0.4 is 10.6 Å². The van der Waals surface area contributed by atoms with Crippen LogP contribution in [0.3, 0.4) is 0 Å². The van der Waals surface area contributed by atoms with Gasteiger partial charge in [-0.25, -0.2) is 0 Å². The summed E-state index contributed by atoms with van der Waals surface area (Å²) >= 11 is 0. The van der Waals surface area contributed by atoms with Crippen molar-refractivity contribution in [3.05, 3.63) is 42.2 Å². The van der Waals surface area contributed by atoms with Crippen LogP contribution >= 0.6 is 0 Å². The van der Waals surface area contributed by atoms with E-state index in [-0.39, 0.29) is 11.9 Å². The summed E-state index contributed by atoms with van der Waals surface area (Å²) in [6.07, 6.45) is 5.22. The van der Waals surface area contributed by atoms with Crippen LogP contribution in [0.25, 0.3) is 10.8 Å². The van der Waals surface area contributed by atoms with Gasteiger partial charge in [0.1, 0.15) is 0 Å². The van der Waals surface area contributed by atoms with Crippen molar-refractivity contribution in [1.82, 2.24) is 15.6 Å². The summed E-state index contributed by atoms with van der Waals surface area (Å²) in [6.45, 7) is 5.49. The molecule has 1 amide bonds. The molecule has 0 fully saturated rings. The van der Waals surface area contributed by atoms with Gasteiger partial charge in [0, 0.05) is 43.3 Å². The lowest BCUT2D eigenvalue weighted by Crippen LogP contribution is -2.33. The maximum atomic E-state index is 11.7. The quantitative estimate of drug-likeness (QED) is 0.769. The molecule has 0 bridgehead atoms. The highest BCUT2D eigenvalue weighted by Gasteiger charge is 2.05. The zero-order valence-electron chi connectivity index (χ0n) is 12.7. The third kappa shape index (κ3) is 4.53. The van der Waals surface area contributed by atoms with E-state index >= 15 is 0 Å². The van der Waals surface area contributed by atoms with Gasteiger partial charge in [-0.2, -0.15) is 0 Å². The molecule has 4 heteroatoms. The highest BCUT2D eigenvalue weighted by molar-refractivity contribution is 5.84. The van der Waals surface area contributed by atoms with Crippen LogP contribution in [-0.4, -0.2) is 23.5 Å². The maximum Gasteiger partial charge on any atom is 0.221 e. The summed E-state index contributed by atoms with van der Waals surface area (Å²) in [7, 11) is 0. The summed E-state index contributed by atoms with van der Waals surface area (Å²) in [5.74, 6) is 0.105. The first-order valence-electron chi connectivity index (χ1n) is 7.52. The van der Waals surface area contributed by atoms with Crippen LogP contribution in [0.5, 0.6) is 0 Å². The second kappa shape index (κ2) is 7.74. The summed E-state index contributed by atoms with van der Waals surface area (Å²) in [6, 6.07) is 8.46. The second-order valence-corrected chi connectivity index (χ2v) is 5.32. The van der Waals surface area contributed by atoms with E-state index in [0.29, 0.717) is 13.0 Å². The lowest BCUT2D eigenvalue weighted by molar-refractivity contribution is -0.121. The number of carbonyl (C=O) groups excluding carboxylic acids is 1. The fourth-order valence-electron chi connectivity index (χ4n) is 2.19. The molecule has 0 aliphatic carbocycles. The first kappa shape index (κ1) is 15.4. The number of pyridine rings is 1. The van der Waals surface area contributed by atoms with Gasteiger partial charge in [-0.1, -0.05) is 31.2 Å². The molecule has 2 N–H and O–H groups in total. The molecule has 21 heavy (non-hydrogen) atoms. The molecule has 0 radical (unpaired) electrons. The van der Waals surface area contributed by atoms with Gasteiger partial charge < -0.3 is 10.6 Å². The number of nitrogens with one attached hydrogen (secondary N) is 2. The number of carbonyl (C=O) groups is 1.